The van der Waals surface area contributed by atoms with Crippen LogP contribution >= 0.6 is 0 Å². The van der Waals surface area contributed by atoms with Crippen molar-refractivity contribution < 1.29 is 14.1 Å². The maximum absolute atomic E-state index is 12.7. The highest BCUT2D eigenvalue weighted by Crippen LogP contribution is 2.38. The van der Waals surface area contributed by atoms with Crippen LogP contribution in [0, 0.1) is 11.3 Å². The van der Waals surface area contributed by atoms with Gasteiger partial charge >= 0.3 is 0 Å². The number of aliphatic imine (C=N–C) groups is 2. The van der Waals surface area contributed by atoms with Gasteiger partial charge in [0.25, 0.3) is 5.91 Å². The lowest BCUT2D eigenvalue weighted by Crippen LogP contribution is -2.43. The summed E-state index contributed by atoms with van der Waals surface area (Å²) in [5.41, 5.74) is 3.47. The molecule has 2 amide bonds. The number of amides is 2. The zero-order valence-electron chi connectivity index (χ0n) is 19.8. The number of amidine groups is 1. The van der Waals surface area contributed by atoms with Crippen LogP contribution in [-0.4, -0.2) is 57.9 Å². The number of hydrogen-bond donors (Lipinski definition) is 1. The van der Waals surface area contributed by atoms with Crippen LogP contribution < -0.4 is 5.32 Å². The second-order valence-electron chi connectivity index (χ2n) is 8.82. The van der Waals surface area contributed by atoms with E-state index in [1.807, 2.05) is 42.6 Å². The molecule has 9 heteroatoms. The van der Waals surface area contributed by atoms with Crippen LogP contribution in [0.2, 0.25) is 0 Å². The number of likely N-dealkylation sites (tertiary alicyclic amines) is 1. The van der Waals surface area contributed by atoms with Crippen molar-refractivity contribution in [3.8, 4) is 6.07 Å². The number of nitrogens with one attached hydrogen (secondary N) is 1. The highest BCUT2D eigenvalue weighted by molar-refractivity contribution is 6.05. The molecule has 3 aliphatic heterocycles. The summed E-state index contributed by atoms with van der Waals surface area (Å²) < 4.78 is 0.321. The Hall–Kier alpha value is -4.68. The topological polar surface area (TPSA) is 111 Å². The molecule has 1 fully saturated rings. The number of carbonyl (C=O) groups is 2. The van der Waals surface area contributed by atoms with Gasteiger partial charge in [-0.15, -0.1) is 0 Å². The van der Waals surface area contributed by atoms with Gasteiger partial charge in [0.1, 0.15) is 17.7 Å². The maximum Gasteiger partial charge on any atom is 0.256 e. The molecule has 1 saturated heterocycles. The van der Waals surface area contributed by atoms with E-state index >= 15 is 0 Å². The number of allylic oxidation sites excluding steroid dienone is 1. The van der Waals surface area contributed by atoms with E-state index in [1.165, 1.54) is 18.3 Å². The minimum atomic E-state index is -0.327. The molecule has 36 heavy (non-hydrogen) atoms. The zero-order chi connectivity index (χ0) is 25.3. The fraction of sp³-hybridized carbons (Fsp3) is 0.185. The van der Waals surface area contributed by atoms with Gasteiger partial charge in [-0.1, -0.05) is 6.58 Å². The number of nitrogens with zero attached hydrogens (tertiary/aromatic N) is 6. The van der Waals surface area contributed by atoms with Crippen molar-refractivity contribution in [3.63, 3.8) is 0 Å². The molecule has 9 nitrogen and oxygen atoms in total. The van der Waals surface area contributed by atoms with Crippen molar-refractivity contribution in [2.45, 2.75) is 18.9 Å². The number of hydrogen-bond acceptors (Lipinski definition) is 6. The predicted octanol–water partition coefficient (Wildman–Crippen LogP) is 3.36. The molecule has 2 unspecified atom stereocenters. The molecule has 0 radical (unpaired) electrons. The summed E-state index contributed by atoms with van der Waals surface area (Å²) in [5, 5.41) is 11.8. The highest BCUT2D eigenvalue weighted by atomic mass is 16.2. The first-order chi connectivity index (χ1) is 17.4. The van der Waals surface area contributed by atoms with Gasteiger partial charge in [-0.25, -0.2) is 9.47 Å². The number of aromatic nitrogens is 1. The molecular weight excluding hydrogens is 454 g/mol. The van der Waals surface area contributed by atoms with Crippen LogP contribution in [-0.2, 0) is 4.79 Å². The van der Waals surface area contributed by atoms with E-state index in [9.17, 15) is 9.59 Å². The van der Waals surface area contributed by atoms with E-state index < -0.39 is 0 Å². The fourth-order valence-electron chi connectivity index (χ4n) is 4.79. The maximum atomic E-state index is 12.7. The zero-order valence-corrected chi connectivity index (χ0v) is 19.8. The second-order valence-corrected chi connectivity index (χ2v) is 8.82. The SMILES string of the molecule is C=CC(=O)N1CCCC1C1=C2C=NC=C[N+]2(C)C(c2ccc(C(=O)Nc3cc(C#N)ccn3)cc2)=N1. The number of pyridine rings is 1. The van der Waals surface area contributed by atoms with Gasteiger partial charge in [-0.05, 0) is 55.3 Å². The summed E-state index contributed by atoms with van der Waals surface area (Å²) in [7, 11) is 2.03. The minimum absolute atomic E-state index is 0.100. The van der Waals surface area contributed by atoms with Crippen LogP contribution in [0.4, 0.5) is 5.82 Å². The summed E-state index contributed by atoms with van der Waals surface area (Å²) in [5.74, 6) is 0.673. The van der Waals surface area contributed by atoms with Gasteiger partial charge in [-0.2, -0.15) is 10.3 Å². The van der Waals surface area contributed by atoms with Gasteiger partial charge in [0.05, 0.1) is 42.7 Å². The van der Waals surface area contributed by atoms with Crippen molar-refractivity contribution in [1.29, 1.82) is 5.26 Å². The summed E-state index contributed by atoms with van der Waals surface area (Å²) >= 11 is 0. The number of nitriles is 1. The van der Waals surface area contributed by atoms with Crippen LogP contribution in [0.5, 0.6) is 0 Å². The van der Waals surface area contributed by atoms with Crippen LogP contribution in [0.1, 0.15) is 34.3 Å². The summed E-state index contributed by atoms with van der Waals surface area (Å²) in [6.45, 7) is 4.32. The first kappa shape index (κ1) is 23.1. The van der Waals surface area contributed by atoms with E-state index in [0.717, 1.165) is 35.6 Å². The molecule has 0 aliphatic carbocycles. The average molecular weight is 479 g/mol. The van der Waals surface area contributed by atoms with E-state index in [2.05, 4.69) is 21.9 Å². The largest absolute Gasteiger partial charge is 0.330 e. The molecule has 0 spiro atoms. The van der Waals surface area contributed by atoms with Crippen LogP contribution in [0.15, 0.2) is 89.0 Å². The Balaban J connectivity index is 1.43. The van der Waals surface area contributed by atoms with Gasteiger partial charge in [0.15, 0.2) is 5.70 Å². The number of rotatable bonds is 5. The lowest BCUT2D eigenvalue weighted by atomic mass is 10.1. The van der Waals surface area contributed by atoms with Gasteiger partial charge in [0, 0.05) is 18.3 Å². The van der Waals surface area contributed by atoms with Gasteiger partial charge in [0.2, 0.25) is 11.7 Å². The molecule has 0 bridgehead atoms. The number of anilines is 1. The molecule has 178 valence electrons. The Morgan fingerprint density at radius 2 is 2.08 bits per heavy atom. The van der Waals surface area contributed by atoms with Crippen molar-refractivity contribution in [3.05, 3.63) is 95.7 Å². The molecule has 3 aliphatic rings. The summed E-state index contributed by atoms with van der Waals surface area (Å²) in [6, 6.07) is 12.2. The third kappa shape index (κ3) is 3.93. The smallest absolute Gasteiger partial charge is 0.256 e. The highest BCUT2D eigenvalue weighted by Gasteiger charge is 2.46. The molecule has 1 aromatic carbocycles. The van der Waals surface area contributed by atoms with Crippen molar-refractivity contribution >= 4 is 29.7 Å². The lowest BCUT2D eigenvalue weighted by molar-refractivity contribution is -0.713. The molecule has 4 heterocycles. The fourth-order valence-corrected chi connectivity index (χ4v) is 4.79. The molecule has 5 rings (SSSR count). The monoisotopic (exact) mass is 478 g/mol. The Bertz CT molecular complexity index is 1430. The molecule has 1 N–H and O–H groups in total. The Morgan fingerprint density at radius 3 is 2.83 bits per heavy atom. The van der Waals surface area contributed by atoms with Crippen molar-refractivity contribution in [1.82, 2.24) is 9.88 Å². The molecule has 0 saturated carbocycles. The number of fused-ring (bicyclic) bond motifs is 1. The number of quaternary nitrogens is 1. The number of carbonyl (C=O) groups excluding carboxylic acids is 2. The lowest BCUT2D eigenvalue weighted by Gasteiger charge is -2.29. The first-order valence-electron chi connectivity index (χ1n) is 11.6. The van der Waals surface area contributed by atoms with Crippen molar-refractivity contribution in [2.24, 2.45) is 9.98 Å². The average Bonchev–Trinajstić information content (AvgIpc) is 3.50. The molecule has 1 aromatic heterocycles. The molecule has 2 atom stereocenters. The van der Waals surface area contributed by atoms with E-state index in [4.69, 9.17) is 10.3 Å². The molecular formula is C27H24N7O2+. The van der Waals surface area contributed by atoms with E-state index in [1.54, 1.807) is 24.4 Å². The van der Waals surface area contributed by atoms with Crippen LogP contribution in [0.25, 0.3) is 0 Å². The standard InChI is InChI=1S/C27H23N7O2/c1-3-24(35)33-13-4-5-21(33)25-22-17-29-12-14-34(22,2)26(32-25)19-6-8-20(9-7-19)27(36)31-23-15-18(16-28)10-11-30-23/h3,6-12,14-15,17,21H,1,4-5,13H2,2H3/p+1. The third-order valence-electron chi connectivity index (χ3n) is 6.64. The first-order valence-corrected chi connectivity index (χ1v) is 11.6. The Kier molecular flexibility index (Phi) is 5.88. The summed E-state index contributed by atoms with van der Waals surface area (Å²) in [6.07, 6.45) is 10.1. The van der Waals surface area contributed by atoms with E-state index in [0.29, 0.717) is 28.0 Å². The van der Waals surface area contributed by atoms with Gasteiger partial charge in [-0.3, -0.25) is 14.6 Å². The quantitative estimate of drug-likeness (QED) is 0.525. The minimum Gasteiger partial charge on any atom is -0.330 e. The Labute approximate surface area is 208 Å². The van der Waals surface area contributed by atoms with Crippen molar-refractivity contribution in [2.75, 3.05) is 18.9 Å². The Morgan fingerprint density at radius 1 is 1.28 bits per heavy atom. The number of benzene rings is 1. The second kappa shape index (κ2) is 9.17. The predicted molar refractivity (Wildman–Crippen MR) is 136 cm³/mol. The van der Waals surface area contributed by atoms with Gasteiger partial charge < -0.3 is 10.2 Å². The third-order valence-corrected chi connectivity index (χ3v) is 6.64. The van der Waals surface area contributed by atoms with E-state index in [-0.39, 0.29) is 17.9 Å². The summed E-state index contributed by atoms with van der Waals surface area (Å²) in [4.78, 5) is 40.5. The molecule has 2 aromatic rings. The van der Waals surface area contributed by atoms with Crippen LogP contribution in [0.3, 0.4) is 0 Å². The normalized spacial score (nSPS) is 22.2.